The van der Waals surface area contributed by atoms with Gasteiger partial charge in [-0.25, -0.2) is 9.48 Å². The maximum Gasteiger partial charge on any atom is 0.356 e. The molecule has 1 aliphatic heterocycles. The van der Waals surface area contributed by atoms with Gasteiger partial charge in [0, 0.05) is 24.1 Å². The lowest BCUT2D eigenvalue weighted by Gasteiger charge is -2.29. The number of aromatic nitrogens is 2. The number of rotatable bonds is 4. The average Bonchev–Trinajstić information content (AvgIpc) is 3.14. The van der Waals surface area contributed by atoms with Gasteiger partial charge in [-0.15, -0.1) is 0 Å². The number of nitrogens with zero attached hydrogens (tertiary/aromatic N) is 3. The molecular formula is C23H19Cl2N3O4. The smallest absolute Gasteiger partial charge is 0.356 e. The molecule has 0 unspecified atom stereocenters. The normalized spacial score (nSPS) is 14.4. The van der Waals surface area contributed by atoms with Crippen molar-refractivity contribution in [3.05, 3.63) is 75.0 Å². The maximum atomic E-state index is 12.2. The number of methoxy groups -OCH3 is 1. The zero-order valence-electron chi connectivity index (χ0n) is 17.3. The van der Waals surface area contributed by atoms with Crippen LogP contribution in [0.2, 0.25) is 10.0 Å². The summed E-state index contributed by atoms with van der Waals surface area (Å²) < 4.78 is 6.73. The Morgan fingerprint density at radius 2 is 1.84 bits per heavy atom. The Hall–Kier alpha value is -3.29. The molecule has 1 aliphatic rings. The zero-order chi connectivity index (χ0) is 23.0. The maximum absolute atomic E-state index is 12.2. The lowest BCUT2D eigenvalue weighted by Crippen LogP contribution is -2.34. The van der Waals surface area contributed by atoms with Crippen LogP contribution in [0, 0.1) is 0 Å². The van der Waals surface area contributed by atoms with Crippen LogP contribution in [0.1, 0.15) is 34.2 Å². The number of carbonyl (C=O) groups excluding carboxylic acids is 1. The van der Waals surface area contributed by atoms with Crippen LogP contribution in [0.4, 0.5) is 0 Å². The molecule has 2 heterocycles. The van der Waals surface area contributed by atoms with Gasteiger partial charge in [-0.05, 0) is 47.5 Å². The molecule has 0 saturated carbocycles. The van der Waals surface area contributed by atoms with Gasteiger partial charge >= 0.3 is 5.97 Å². The highest BCUT2D eigenvalue weighted by Gasteiger charge is 2.33. The minimum atomic E-state index is -1.18. The second-order valence-electron chi connectivity index (χ2n) is 7.31. The van der Waals surface area contributed by atoms with Crippen LogP contribution in [0.25, 0.3) is 17.3 Å². The Morgan fingerprint density at radius 3 is 2.44 bits per heavy atom. The van der Waals surface area contributed by atoms with E-state index in [2.05, 4.69) is 5.10 Å². The number of aromatic carboxylic acids is 1. The standard InChI is InChI=1S/C23H19Cl2N3O4/c1-13(29)27-11-15(9-14-3-6-17(32-2)7-4-14)22-18(12-27)21(23(30)31)26-28(22)20-8-5-16(24)10-19(20)25/h3-10H,11-12H2,1-2H3,(H,30,31)/b15-9+. The van der Waals surface area contributed by atoms with Crippen molar-refractivity contribution in [2.45, 2.75) is 13.5 Å². The summed E-state index contributed by atoms with van der Waals surface area (Å²) in [5.74, 6) is -0.628. The number of hydrogen-bond acceptors (Lipinski definition) is 4. The first-order valence-corrected chi connectivity index (χ1v) is 10.4. The number of amides is 1. The van der Waals surface area contributed by atoms with Crippen molar-refractivity contribution in [1.29, 1.82) is 0 Å². The number of carbonyl (C=O) groups is 2. The van der Waals surface area contributed by atoms with Gasteiger partial charge in [0.15, 0.2) is 5.69 Å². The molecule has 0 radical (unpaired) electrons. The van der Waals surface area contributed by atoms with E-state index in [0.717, 1.165) is 11.1 Å². The molecule has 4 rings (SSSR count). The molecule has 7 nitrogen and oxygen atoms in total. The van der Waals surface area contributed by atoms with Crippen LogP contribution < -0.4 is 4.74 Å². The van der Waals surface area contributed by atoms with Gasteiger partial charge in [-0.3, -0.25) is 4.79 Å². The van der Waals surface area contributed by atoms with Crippen molar-refractivity contribution in [3.8, 4) is 11.4 Å². The first kappa shape index (κ1) is 21.9. The first-order valence-electron chi connectivity index (χ1n) is 9.69. The highest BCUT2D eigenvalue weighted by Crippen LogP contribution is 2.36. The molecule has 0 fully saturated rings. The molecule has 2 aromatic carbocycles. The van der Waals surface area contributed by atoms with Gasteiger partial charge in [0.05, 0.1) is 30.1 Å². The van der Waals surface area contributed by atoms with Gasteiger partial charge < -0.3 is 14.7 Å². The molecule has 3 aromatic rings. The Morgan fingerprint density at radius 1 is 1.12 bits per heavy atom. The van der Waals surface area contributed by atoms with E-state index in [1.807, 2.05) is 30.3 Å². The summed E-state index contributed by atoms with van der Waals surface area (Å²) >= 11 is 12.5. The second-order valence-corrected chi connectivity index (χ2v) is 8.15. The summed E-state index contributed by atoms with van der Waals surface area (Å²) in [6, 6.07) is 12.3. The summed E-state index contributed by atoms with van der Waals surface area (Å²) in [5.41, 5.74) is 3.01. The lowest BCUT2D eigenvalue weighted by atomic mass is 9.97. The average molecular weight is 472 g/mol. The van der Waals surface area contributed by atoms with E-state index in [1.165, 1.54) is 11.6 Å². The molecule has 0 spiro atoms. The van der Waals surface area contributed by atoms with Crippen LogP contribution in [0.15, 0.2) is 42.5 Å². The van der Waals surface area contributed by atoms with Crippen LogP contribution in [-0.4, -0.2) is 45.3 Å². The largest absolute Gasteiger partial charge is 0.497 e. The van der Waals surface area contributed by atoms with Crippen molar-refractivity contribution in [2.75, 3.05) is 13.7 Å². The molecule has 1 N–H and O–H groups in total. The van der Waals surface area contributed by atoms with Gasteiger partial charge in [0.25, 0.3) is 0 Å². The van der Waals surface area contributed by atoms with E-state index in [-0.39, 0.29) is 18.1 Å². The Balaban J connectivity index is 1.96. The highest BCUT2D eigenvalue weighted by molar-refractivity contribution is 6.35. The predicted molar refractivity (Wildman–Crippen MR) is 122 cm³/mol. The lowest BCUT2D eigenvalue weighted by molar-refractivity contribution is -0.128. The van der Waals surface area contributed by atoms with E-state index in [1.54, 1.807) is 30.2 Å². The molecule has 0 bridgehead atoms. The van der Waals surface area contributed by atoms with Crippen LogP contribution in [0.5, 0.6) is 5.75 Å². The zero-order valence-corrected chi connectivity index (χ0v) is 18.8. The number of carboxylic acids is 1. The minimum absolute atomic E-state index is 0.127. The SMILES string of the molecule is COc1ccc(/C=C2\CN(C(C)=O)Cc3c(C(=O)O)nn(-c4ccc(Cl)cc4Cl)c32)cc1. The summed E-state index contributed by atoms with van der Waals surface area (Å²) in [5, 5.41) is 14.9. The number of ether oxygens (including phenoxy) is 1. The van der Waals surface area contributed by atoms with Crippen molar-refractivity contribution in [3.63, 3.8) is 0 Å². The van der Waals surface area contributed by atoms with Crippen molar-refractivity contribution in [2.24, 2.45) is 0 Å². The fourth-order valence-corrected chi connectivity index (χ4v) is 4.18. The highest BCUT2D eigenvalue weighted by atomic mass is 35.5. The summed E-state index contributed by atoms with van der Waals surface area (Å²) in [4.78, 5) is 25.8. The summed E-state index contributed by atoms with van der Waals surface area (Å²) in [6.45, 7) is 1.89. The molecule has 0 atom stereocenters. The fraction of sp³-hybridized carbons (Fsp3) is 0.174. The second kappa shape index (κ2) is 8.68. The van der Waals surface area contributed by atoms with Crippen LogP contribution in [0.3, 0.4) is 0 Å². The Kier molecular flexibility index (Phi) is 5.95. The van der Waals surface area contributed by atoms with Gasteiger partial charge in [0.2, 0.25) is 5.91 Å². The number of carboxylic acid groups (broad SMARTS) is 1. The number of hydrogen-bond donors (Lipinski definition) is 1. The molecule has 1 aromatic heterocycles. The third-order valence-corrected chi connectivity index (χ3v) is 5.78. The van der Waals surface area contributed by atoms with Crippen molar-refractivity contribution < 1.29 is 19.4 Å². The molecular weight excluding hydrogens is 453 g/mol. The molecule has 1 amide bonds. The molecule has 164 valence electrons. The van der Waals surface area contributed by atoms with E-state index in [9.17, 15) is 14.7 Å². The van der Waals surface area contributed by atoms with E-state index >= 15 is 0 Å². The van der Waals surface area contributed by atoms with E-state index in [0.29, 0.717) is 39.3 Å². The quantitative estimate of drug-likeness (QED) is 0.591. The Bertz CT molecular complexity index is 1250. The van der Waals surface area contributed by atoms with Crippen molar-refractivity contribution >= 4 is 46.7 Å². The van der Waals surface area contributed by atoms with Crippen LogP contribution >= 0.6 is 23.2 Å². The first-order chi connectivity index (χ1) is 15.3. The van der Waals surface area contributed by atoms with E-state index < -0.39 is 5.97 Å². The molecule has 0 aliphatic carbocycles. The molecule has 0 saturated heterocycles. The van der Waals surface area contributed by atoms with Gasteiger partial charge in [0.1, 0.15) is 5.75 Å². The Labute approximate surface area is 194 Å². The topological polar surface area (TPSA) is 84.7 Å². The molecule has 32 heavy (non-hydrogen) atoms. The third kappa shape index (κ3) is 4.09. The predicted octanol–water partition coefficient (Wildman–Crippen LogP) is 4.79. The summed E-state index contributed by atoms with van der Waals surface area (Å²) in [6.07, 6.45) is 1.90. The van der Waals surface area contributed by atoms with E-state index in [4.69, 9.17) is 27.9 Å². The minimum Gasteiger partial charge on any atom is -0.497 e. The number of fused-ring (bicyclic) bond motifs is 1. The monoisotopic (exact) mass is 471 g/mol. The number of benzene rings is 2. The summed E-state index contributed by atoms with van der Waals surface area (Å²) in [7, 11) is 1.59. The number of halogens is 2. The molecule has 9 heteroatoms. The van der Waals surface area contributed by atoms with Gasteiger partial charge in [-0.1, -0.05) is 35.3 Å². The fourth-order valence-electron chi connectivity index (χ4n) is 3.69. The van der Waals surface area contributed by atoms with Crippen LogP contribution in [-0.2, 0) is 11.3 Å². The van der Waals surface area contributed by atoms with Crippen molar-refractivity contribution in [1.82, 2.24) is 14.7 Å². The van der Waals surface area contributed by atoms with Gasteiger partial charge in [-0.2, -0.15) is 5.10 Å². The third-order valence-electron chi connectivity index (χ3n) is 5.24.